The molecule has 1 atom stereocenters. The van der Waals surface area contributed by atoms with Crippen LogP contribution in [0.1, 0.15) is 12.8 Å². The van der Waals surface area contributed by atoms with Gasteiger partial charge in [-0.15, -0.1) is 0 Å². The molecule has 1 aliphatic heterocycles. The quantitative estimate of drug-likeness (QED) is 0.749. The zero-order chi connectivity index (χ0) is 12.5. The predicted molar refractivity (Wildman–Crippen MR) is 61.1 cm³/mol. The molecule has 0 radical (unpaired) electrons. The second-order valence-corrected chi connectivity index (χ2v) is 5.99. The Kier molecular flexibility index (Phi) is 3.32. The third-order valence-corrected chi connectivity index (χ3v) is 4.61. The second-order valence-electron chi connectivity index (χ2n) is 4.05. The third kappa shape index (κ3) is 2.56. The number of nitrogens with zero attached hydrogens (tertiary/aromatic N) is 1. The highest BCUT2D eigenvalue weighted by Gasteiger charge is 2.29. The smallest absolute Gasteiger partial charge is 0.247 e. The van der Waals surface area contributed by atoms with Gasteiger partial charge in [0, 0.05) is 25.4 Å². The van der Waals surface area contributed by atoms with Gasteiger partial charge < -0.3 is 10.1 Å². The Morgan fingerprint density at radius 1 is 1.41 bits per heavy atom. The summed E-state index contributed by atoms with van der Waals surface area (Å²) < 4.78 is 25.5. The topological polar surface area (TPSA) is 90.5 Å². The van der Waals surface area contributed by atoms with Crippen LogP contribution in [0.3, 0.4) is 0 Å². The van der Waals surface area contributed by atoms with Crippen molar-refractivity contribution in [2.75, 3.05) is 13.1 Å². The zero-order valence-corrected chi connectivity index (χ0v) is 9.98. The average molecular weight is 258 g/mol. The van der Waals surface area contributed by atoms with Crippen molar-refractivity contribution < 1.29 is 13.5 Å². The van der Waals surface area contributed by atoms with Gasteiger partial charge >= 0.3 is 0 Å². The molecule has 0 bridgehead atoms. The van der Waals surface area contributed by atoms with E-state index in [-0.39, 0.29) is 17.0 Å². The van der Waals surface area contributed by atoms with Crippen LogP contribution in [0.5, 0.6) is 0 Å². The molecule has 1 fully saturated rings. The van der Waals surface area contributed by atoms with E-state index in [4.69, 9.17) is 0 Å². The molecule has 0 amide bonds. The number of rotatable bonds is 2. The lowest BCUT2D eigenvalue weighted by molar-refractivity contribution is 0.108. The number of nitrogens with one attached hydrogen (secondary N) is 1. The van der Waals surface area contributed by atoms with Crippen LogP contribution in [0.2, 0.25) is 0 Å². The fourth-order valence-electron chi connectivity index (χ4n) is 1.85. The van der Waals surface area contributed by atoms with E-state index < -0.39 is 16.1 Å². The number of pyridine rings is 1. The van der Waals surface area contributed by atoms with Gasteiger partial charge in [0.05, 0.1) is 11.0 Å². The first-order valence-electron chi connectivity index (χ1n) is 5.37. The molecular formula is C10H14N2O4S. The lowest BCUT2D eigenvalue weighted by atomic mass is 10.1. The number of H-pyrrole nitrogens is 1. The molecule has 0 aliphatic carbocycles. The van der Waals surface area contributed by atoms with Crippen molar-refractivity contribution in [3.8, 4) is 0 Å². The minimum absolute atomic E-state index is 0.0474. The molecule has 2 heterocycles. The Bertz CT molecular complexity index is 531. The first kappa shape index (κ1) is 12.3. The van der Waals surface area contributed by atoms with Gasteiger partial charge in [-0.2, -0.15) is 4.31 Å². The van der Waals surface area contributed by atoms with Gasteiger partial charge in [0.15, 0.2) is 0 Å². The van der Waals surface area contributed by atoms with Gasteiger partial charge in [-0.25, -0.2) is 8.42 Å². The molecule has 6 nitrogen and oxygen atoms in total. The van der Waals surface area contributed by atoms with Crippen molar-refractivity contribution >= 4 is 10.0 Å². The fraction of sp³-hybridized carbons (Fsp3) is 0.500. The van der Waals surface area contributed by atoms with Gasteiger partial charge in [0.2, 0.25) is 15.6 Å². The van der Waals surface area contributed by atoms with E-state index >= 15 is 0 Å². The van der Waals surface area contributed by atoms with Crippen molar-refractivity contribution in [3.63, 3.8) is 0 Å². The molecule has 1 aliphatic rings. The van der Waals surface area contributed by atoms with Crippen molar-refractivity contribution in [2.24, 2.45) is 0 Å². The highest BCUT2D eigenvalue weighted by molar-refractivity contribution is 7.89. The summed E-state index contributed by atoms with van der Waals surface area (Å²) >= 11 is 0. The first-order valence-corrected chi connectivity index (χ1v) is 6.81. The fourth-order valence-corrected chi connectivity index (χ4v) is 3.33. The van der Waals surface area contributed by atoms with Crippen molar-refractivity contribution in [2.45, 2.75) is 23.8 Å². The zero-order valence-electron chi connectivity index (χ0n) is 9.17. The van der Waals surface area contributed by atoms with Crippen molar-refractivity contribution in [1.29, 1.82) is 0 Å². The lowest BCUT2D eigenvalue weighted by Crippen LogP contribution is -2.42. The molecular weight excluding hydrogens is 244 g/mol. The first-order chi connectivity index (χ1) is 8.00. The molecule has 17 heavy (non-hydrogen) atoms. The molecule has 94 valence electrons. The van der Waals surface area contributed by atoms with Crippen molar-refractivity contribution in [3.05, 3.63) is 28.7 Å². The SMILES string of the molecule is O=c1ccc(S(=O)(=O)N2CCC[C@H](O)C2)c[nH]1. The highest BCUT2D eigenvalue weighted by atomic mass is 32.2. The minimum Gasteiger partial charge on any atom is -0.392 e. The van der Waals surface area contributed by atoms with E-state index in [1.54, 1.807) is 0 Å². The summed E-state index contributed by atoms with van der Waals surface area (Å²) in [7, 11) is -3.61. The summed E-state index contributed by atoms with van der Waals surface area (Å²) in [6, 6.07) is 2.45. The lowest BCUT2D eigenvalue weighted by Gasteiger charge is -2.29. The number of aliphatic hydroxyl groups excluding tert-OH is 1. The summed E-state index contributed by atoms with van der Waals surface area (Å²) in [5.41, 5.74) is -0.345. The number of aromatic nitrogens is 1. The largest absolute Gasteiger partial charge is 0.392 e. The Labute approximate surface area is 98.9 Å². The maximum Gasteiger partial charge on any atom is 0.247 e. The maximum absolute atomic E-state index is 12.1. The van der Waals surface area contributed by atoms with Gasteiger partial charge in [0.1, 0.15) is 0 Å². The predicted octanol–water partition coefficient (Wildman–Crippen LogP) is -0.480. The molecule has 1 saturated heterocycles. The molecule has 2 rings (SSSR count). The van der Waals surface area contributed by atoms with Crippen LogP contribution < -0.4 is 5.56 Å². The Morgan fingerprint density at radius 3 is 2.76 bits per heavy atom. The van der Waals surface area contributed by atoms with E-state index in [1.807, 2.05) is 0 Å². The van der Waals surface area contributed by atoms with E-state index in [2.05, 4.69) is 4.98 Å². The Balaban J connectivity index is 2.29. The molecule has 0 unspecified atom stereocenters. The van der Waals surface area contributed by atoms with E-state index in [0.29, 0.717) is 19.4 Å². The normalized spacial score (nSPS) is 22.5. The number of hydrogen-bond acceptors (Lipinski definition) is 4. The van der Waals surface area contributed by atoms with Crippen LogP contribution in [0.25, 0.3) is 0 Å². The van der Waals surface area contributed by atoms with Gasteiger partial charge in [-0.1, -0.05) is 0 Å². The molecule has 0 spiro atoms. The number of β-amino-alcohol motifs (C(OH)–C–C–N with tert-alkyl or cyclic N) is 1. The average Bonchev–Trinajstić information content (AvgIpc) is 2.29. The van der Waals surface area contributed by atoms with Crippen LogP contribution >= 0.6 is 0 Å². The summed E-state index contributed by atoms with van der Waals surface area (Å²) in [6.45, 7) is 0.514. The van der Waals surface area contributed by atoms with Crippen LogP contribution in [0.4, 0.5) is 0 Å². The van der Waals surface area contributed by atoms with E-state index in [9.17, 15) is 18.3 Å². The molecule has 1 aromatic rings. The van der Waals surface area contributed by atoms with Crippen molar-refractivity contribution in [1.82, 2.24) is 9.29 Å². The van der Waals surface area contributed by atoms with Gasteiger partial charge in [-0.05, 0) is 18.9 Å². The monoisotopic (exact) mass is 258 g/mol. The van der Waals surface area contributed by atoms with Crippen LogP contribution in [0, 0.1) is 0 Å². The minimum atomic E-state index is -3.61. The highest BCUT2D eigenvalue weighted by Crippen LogP contribution is 2.19. The van der Waals surface area contributed by atoms with Gasteiger partial charge in [-0.3, -0.25) is 4.79 Å². The van der Waals surface area contributed by atoms with E-state index in [0.717, 1.165) is 0 Å². The summed E-state index contributed by atoms with van der Waals surface area (Å²) in [6.07, 6.45) is 1.83. The number of aliphatic hydroxyl groups is 1. The number of aromatic amines is 1. The maximum atomic E-state index is 12.1. The Morgan fingerprint density at radius 2 is 2.18 bits per heavy atom. The van der Waals surface area contributed by atoms with Crippen LogP contribution in [-0.2, 0) is 10.0 Å². The number of hydrogen-bond donors (Lipinski definition) is 2. The standard InChI is InChI=1S/C10H14N2O4S/c13-8-2-1-5-12(7-8)17(15,16)9-3-4-10(14)11-6-9/h3-4,6,8,13H,1-2,5,7H2,(H,11,14)/t8-/m0/s1. The molecule has 0 aromatic carbocycles. The second kappa shape index (κ2) is 4.59. The van der Waals surface area contributed by atoms with Crippen LogP contribution in [-0.4, -0.2) is 42.0 Å². The molecule has 7 heteroatoms. The summed E-state index contributed by atoms with van der Waals surface area (Å²) in [4.78, 5) is 13.3. The molecule has 1 aromatic heterocycles. The molecule has 2 N–H and O–H groups in total. The van der Waals surface area contributed by atoms with E-state index in [1.165, 1.54) is 22.6 Å². The third-order valence-electron chi connectivity index (χ3n) is 2.75. The number of sulfonamides is 1. The summed E-state index contributed by atoms with van der Waals surface area (Å²) in [5, 5.41) is 9.47. The Hall–Kier alpha value is -1.18. The number of piperidine rings is 1. The molecule has 0 saturated carbocycles. The van der Waals surface area contributed by atoms with Gasteiger partial charge in [0.25, 0.3) is 0 Å². The van der Waals surface area contributed by atoms with Crippen LogP contribution in [0.15, 0.2) is 28.0 Å². The summed E-state index contributed by atoms with van der Waals surface area (Å²) in [5.74, 6) is 0.